The van der Waals surface area contributed by atoms with Crippen LogP contribution in [0.2, 0.25) is 0 Å². The van der Waals surface area contributed by atoms with Crippen LogP contribution in [0.5, 0.6) is 0 Å². The Morgan fingerprint density at radius 2 is 2.06 bits per heavy atom. The van der Waals surface area contributed by atoms with Gasteiger partial charge in [-0.1, -0.05) is 0 Å². The highest BCUT2D eigenvalue weighted by Gasteiger charge is 2.31. The number of nitrogens with zero attached hydrogens (tertiary/aromatic N) is 2. The van der Waals surface area contributed by atoms with Crippen molar-refractivity contribution in [3.63, 3.8) is 0 Å². The second-order valence-electron chi connectivity index (χ2n) is 5.41. The summed E-state index contributed by atoms with van der Waals surface area (Å²) in [5.74, 6) is 0.215. The fourth-order valence-corrected chi connectivity index (χ4v) is 2.86. The molecule has 17 heavy (non-hydrogen) atoms. The summed E-state index contributed by atoms with van der Waals surface area (Å²) in [6.07, 6.45) is 4.46. The molecule has 2 atom stereocenters. The zero-order valence-corrected chi connectivity index (χ0v) is 10.8. The van der Waals surface area contributed by atoms with Crippen LogP contribution in [0.3, 0.4) is 0 Å². The Bertz CT molecular complexity index is 262. The van der Waals surface area contributed by atoms with Crippen molar-refractivity contribution in [3.05, 3.63) is 0 Å². The molecule has 98 valence electrons. The fourth-order valence-electron chi connectivity index (χ4n) is 2.86. The number of rotatable bonds is 4. The Labute approximate surface area is 104 Å². The summed E-state index contributed by atoms with van der Waals surface area (Å²) in [6.45, 7) is 5.96. The predicted octanol–water partition coefficient (Wildman–Crippen LogP) is 0.844. The fraction of sp³-hybridized carbons (Fsp3) is 0.923. The highest BCUT2D eigenvalue weighted by atomic mass is 16.3. The van der Waals surface area contributed by atoms with Crippen molar-refractivity contribution in [2.45, 2.75) is 51.2 Å². The Morgan fingerprint density at radius 3 is 2.71 bits per heavy atom. The summed E-state index contributed by atoms with van der Waals surface area (Å²) in [6, 6.07) is 0.591. The summed E-state index contributed by atoms with van der Waals surface area (Å²) in [4.78, 5) is 16.4. The number of hydrogen-bond acceptors (Lipinski definition) is 3. The number of carbonyl (C=O) groups excluding carboxylic acids is 1. The third-order valence-electron chi connectivity index (χ3n) is 3.95. The maximum Gasteiger partial charge on any atom is 0.222 e. The molecule has 1 amide bonds. The molecule has 1 N–H and O–H groups in total. The molecule has 0 aromatic carbocycles. The highest BCUT2D eigenvalue weighted by Crippen LogP contribution is 2.21. The first kappa shape index (κ1) is 12.8. The first-order chi connectivity index (χ1) is 8.16. The van der Waals surface area contributed by atoms with Crippen molar-refractivity contribution in [2.75, 3.05) is 26.2 Å². The van der Waals surface area contributed by atoms with Crippen LogP contribution in [0.15, 0.2) is 0 Å². The maximum atomic E-state index is 11.9. The average Bonchev–Trinajstić information content (AvgIpc) is 2.94. The molecule has 2 unspecified atom stereocenters. The molecule has 4 heteroatoms. The molecule has 0 spiro atoms. The van der Waals surface area contributed by atoms with Crippen molar-refractivity contribution in [1.82, 2.24) is 9.80 Å². The van der Waals surface area contributed by atoms with Gasteiger partial charge in [0.1, 0.15) is 0 Å². The topological polar surface area (TPSA) is 43.8 Å². The van der Waals surface area contributed by atoms with Crippen molar-refractivity contribution < 1.29 is 9.90 Å². The van der Waals surface area contributed by atoms with Crippen molar-refractivity contribution in [2.24, 2.45) is 0 Å². The van der Waals surface area contributed by atoms with Gasteiger partial charge >= 0.3 is 0 Å². The SMILES string of the molecule is CC(O)CCC(=O)N1CCC(N2CCCC2)C1. The van der Waals surface area contributed by atoms with Gasteiger partial charge in [0.25, 0.3) is 0 Å². The number of aliphatic hydroxyl groups is 1. The summed E-state index contributed by atoms with van der Waals surface area (Å²) in [5, 5.41) is 9.19. The van der Waals surface area contributed by atoms with Gasteiger partial charge in [-0.15, -0.1) is 0 Å². The molecule has 2 aliphatic rings. The Kier molecular flexibility index (Phi) is 4.40. The van der Waals surface area contributed by atoms with Gasteiger partial charge in [-0.05, 0) is 45.7 Å². The van der Waals surface area contributed by atoms with Crippen LogP contribution in [0.1, 0.15) is 39.0 Å². The van der Waals surface area contributed by atoms with E-state index in [1.54, 1.807) is 6.92 Å². The van der Waals surface area contributed by atoms with E-state index in [4.69, 9.17) is 0 Å². The minimum absolute atomic E-state index is 0.215. The van der Waals surface area contributed by atoms with E-state index in [9.17, 15) is 9.90 Å². The lowest BCUT2D eigenvalue weighted by Gasteiger charge is -2.23. The van der Waals surface area contributed by atoms with Crippen LogP contribution in [0.25, 0.3) is 0 Å². The van der Waals surface area contributed by atoms with Gasteiger partial charge in [0, 0.05) is 25.6 Å². The number of aliphatic hydroxyl groups excluding tert-OH is 1. The third kappa shape index (κ3) is 3.42. The lowest BCUT2D eigenvalue weighted by Crippen LogP contribution is -2.37. The predicted molar refractivity (Wildman–Crippen MR) is 66.7 cm³/mol. The van der Waals surface area contributed by atoms with Crippen LogP contribution in [0, 0.1) is 0 Å². The second-order valence-corrected chi connectivity index (χ2v) is 5.41. The highest BCUT2D eigenvalue weighted by molar-refractivity contribution is 5.76. The van der Waals surface area contributed by atoms with E-state index in [0.717, 1.165) is 19.5 Å². The van der Waals surface area contributed by atoms with E-state index in [1.807, 2.05) is 4.90 Å². The normalized spacial score (nSPS) is 27.6. The average molecular weight is 240 g/mol. The number of carbonyl (C=O) groups is 1. The molecule has 0 aromatic rings. The van der Waals surface area contributed by atoms with E-state index in [1.165, 1.54) is 25.9 Å². The van der Waals surface area contributed by atoms with E-state index < -0.39 is 0 Å². The Balaban J connectivity index is 1.74. The molecular formula is C13H24N2O2. The molecule has 2 rings (SSSR count). The minimum atomic E-state index is -0.365. The number of likely N-dealkylation sites (tertiary alicyclic amines) is 2. The maximum absolute atomic E-state index is 11.9. The van der Waals surface area contributed by atoms with Gasteiger partial charge in [0.15, 0.2) is 0 Å². The van der Waals surface area contributed by atoms with Crippen LogP contribution in [-0.4, -0.2) is 59.1 Å². The van der Waals surface area contributed by atoms with Gasteiger partial charge in [0.2, 0.25) is 5.91 Å². The number of amides is 1. The molecular weight excluding hydrogens is 216 g/mol. The van der Waals surface area contributed by atoms with E-state index in [-0.39, 0.29) is 12.0 Å². The summed E-state index contributed by atoms with van der Waals surface area (Å²) in [5.41, 5.74) is 0. The summed E-state index contributed by atoms with van der Waals surface area (Å²) in [7, 11) is 0. The molecule has 2 aliphatic heterocycles. The van der Waals surface area contributed by atoms with E-state index in [0.29, 0.717) is 18.9 Å². The molecule has 2 fully saturated rings. The van der Waals surface area contributed by atoms with Gasteiger partial charge in [-0.25, -0.2) is 0 Å². The third-order valence-corrected chi connectivity index (χ3v) is 3.95. The monoisotopic (exact) mass is 240 g/mol. The van der Waals surface area contributed by atoms with Gasteiger partial charge in [-0.3, -0.25) is 9.69 Å². The molecule has 0 aromatic heterocycles. The van der Waals surface area contributed by atoms with Crippen molar-refractivity contribution >= 4 is 5.91 Å². The second kappa shape index (κ2) is 5.83. The zero-order valence-electron chi connectivity index (χ0n) is 10.8. The lowest BCUT2D eigenvalue weighted by atomic mass is 10.2. The summed E-state index contributed by atoms with van der Waals surface area (Å²) >= 11 is 0. The first-order valence-electron chi connectivity index (χ1n) is 6.86. The van der Waals surface area contributed by atoms with E-state index in [2.05, 4.69) is 4.90 Å². The zero-order chi connectivity index (χ0) is 12.3. The molecule has 2 heterocycles. The Hall–Kier alpha value is -0.610. The van der Waals surface area contributed by atoms with Crippen LogP contribution in [-0.2, 0) is 4.79 Å². The molecule has 0 saturated carbocycles. The number of hydrogen-bond donors (Lipinski definition) is 1. The van der Waals surface area contributed by atoms with Crippen molar-refractivity contribution in [1.29, 1.82) is 0 Å². The summed E-state index contributed by atoms with van der Waals surface area (Å²) < 4.78 is 0. The largest absolute Gasteiger partial charge is 0.393 e. The standard InChI is InChI=1S/C13H24N2O2/c1-11(16)4-5-13(17)15-9-6-12(10-15)14-7-2-3-8-14/h11-12,16H,2-10H2,1H3. The Morgan fingerprint density at radius 1 is 1.35 bits per heavy atom. The quantitative estimate of drug-likeness (QED) is 0.792. The molecule has 4 nitrogen and oxygen atoms in total. The molecule has 0 radical (unpaired) electrons. The minimum Gasteiger partial charge on any atom is -0.393 e. The van der Waals surface area contributed by atoms with Gasteiger partial charge in [-0.2, -0.15) is 0 Å². The van der Waals surface area contributed by atoms with Crippen LogP contribution in [0.4, 0.5) is 0 Å². The van der Waals surface area contributed by atoms with Gasteiger partial charge < -0.3 is 10.0 Å². The van der Waals surface area contributed by atoms with Crippen molar-refractivity contribution in [3.8, 4) is 0 Å². The first-order valence-corrected chi connectivity index (χ1v) is 6.86. The van der Waals surface area contributed by atoms with Crippen LogP contribution >= 0.6 is 0 Å². The molecule has 0 bridgehead atoms. The molecule has 0 aliphatic carbocycles. The van der Waals surface area contributed by atoms with Crippen LogP contribution < -0.4 is 0 Å². The van der Waals surface area contributed by atoms with Gasteiger partial charge in [0.05, 0.1) is 6.10 Å². The van der Waals surface area contributed by atoms with E-state index >= 15 is 0 Å². The smallest absolute Gasteiger partial charge is 0.222 e. The molecule has 2 saturated heterocycles. The lowest BCUT2D eigenvalue weighted by molar-refractivity contribution is -0.130.